The van der Waals surface area contributed by atoms with Crippen LogP contribution in [0.25, 0.3) is 0 Å². The number of hydrogen-bond acceptors (Lipinski definition) is 8. The maximum Gasteiger partial charge on any atom is 0.222 e. The largest absolute Gasteiger partial charge is 0.612 e. The molecule has 1 saturated heterocycles. The Morgan fingerprint density at radius 1 is 1.12 bits per heavy atom. The third-order valence-electron chi connectivity index (χ3n) is 4.21. The molecule has 1 aromatic carbocycles. The van der Waals surface area contributed by atoms with Gasteiger partial charge < -0.3 is 15.3 Å². The van der Waals surface area contributed by atoms with Gasteiger partial charge in [-0.1, -0.05) is 23.9 Å². The third kappa shape index (κ3) is 2.91. The molecule has 26 heavy (non-hydrogen) atoms. The lowest BCUT2D eigenvalue weighted by Gasteiger charge is -2.19. The van der Waals surface area contributed by atoms with Crippen LogP contribution in [0.1, 0.15) is 10.9 Å². The lowest BCUT2D eigenvalue weighted by atomic mass is 10.1. The Morgan fingerprint density at radius 3 is 2.42 bits per heavy atom. The van der Waals surface area contributed by atoms with Crippen LogP contribution >= 0.6 is 11.8 Å². The van der Waals surface area contributed by atoms with Crippen molar-refractivity contribution in [3.8, 4) is 0 Å². The van der Waals surface area contributed by atoms with Crippen molar-refractivity contribution < 1.29 is 4.90 Å². The summed E-state index contributed by atoms with van der Waals surface area (Å²) in [5.74, 6) is 0.759. The van der Waals surface area contributed by atoms with Gasteiger partial charge in [-0.05, 0) is 29.8 Å². The van der Waals surface area contributed by atoms with Gasteiger partial charge in [0.05, 0.1) is 0 Å². The fraction of sp³-hybridized carbons (Fsp3) is 0.176. The number of allylic oxidation sites excluding steroid dienone is 5. The normalized spacial score (nSPS) is 21.0. The Hall–Kier alpha value is -2.91. The molecule has 0 amide bonds. The minimum Gasteiger partial charge on any atom is -0.612 e. The van der Waals surface area contributed by atoms with Crippen LogP contribution in [0.2, 0.25) is 0 Å². The van der Waals surface area contributed by atoms with E-state index in [9.17, 15) is 10.4 Å². The highest BCUT2D eigenvalue weighted by Gasteiger charge is 2.36. The summed E-state index contributed by atoms with van der Waals surface area (Å²) in [6.07, 6.45) is 6.40. The van der Waals surface area contributed by atoms with Crippen molar-refractivity contribution in [1.29, 1.82) is 0 Å². The monoisotopic (exact) mass is 369 g/mol. The molecular formula is C17H17N6O2S-. The van der Waals surface area contributed by atoms with Crippen molar-refractivity contribution in [3.63, 3.8) is 0 Å². The van der Waals surface area contributed by atoms with E-state index in [0.29, 0.717) is 0 Å². The van der Waals surface area contributed by atoms with E-state index in [1.54, 1.807) is 23.9 Å². The molecule has 2 heterocycles. The average molecular weight is 369 g/mol. The molecule has 1 atom stereocenters. The number of benzene rings is 1. The van der Waals surface area contributed by atoms with Gasteiger partial charge in [0.1, 0.15) is 5.37 Å². The van der Waals surface area contributed by atoms with Gasteiger partial charge in [0.2, 0.25) is 10.9 Å². The molecule has 9 heteroatoms. The van der Waals surface area contributed by atoms with Crippen LogP contribution in [0.5, 0.6) is 0 Å². The van der Waals surface area contributed by atoms with E-state index in [1.807, 2.05) is 19.1 Å². The zero-order chi connectivity index (χ0) is 18.3. The van der Waals surface area contributed by atoms with Crippen molar-refractivity contribution >= 4 is 28.3 Å². The molecule has 2 aliphatic heterocycles. The summed E-state index contributed by atoms with van der Waals surface area (Å²) in [5, 5.41) is 28.7. The van der Waals surface area contributed by atoms with Crippen LogP contribution in [0.15, 0.2) is 65.1 Å². The summed E-state index contributed by atoms with van der Waals surface area (Å²) in [6, 6.07) is 8.37. The van der Waals surface area contributed by atoms with Gasteiger partial charge >= 0.3 is 0 Å². The van der Waals surface area contributed by atoms with Crippen molar-refractivity contribution in [3.05, 3.63) is 75.9 Å². The maximum absolute atomic E-state index is 10.8. The van der Waals surface area contributed by atoms with E-state index in [1.165, 1.54) is 12.2 Å². The highest BCUT2D eigenvalue weighted by atomic mass is 32.2. The second-order valence-corrected chi connectivity index (χ2v) is 7.18. The van der Waals surface area contributed by atoms with Crippen LogP contribution in [-0.2, 0) is 0 Å². The zero-order valence-electron chi connectivity index (χ0n) is 14.2. The Morgan fingerprint density at radius 2 is 1.81 bits per heavy atom. The molecule has 1 fully saturated rings. The first kappa shape index (κ1) is 16.6. The summed E-state index contributed by atoms with van der Waals surface area (Å²) in [4.78, 5) is 1.65. The topological polar surface area (TPSA) is 92.0 Å². The lowest BCUT2D eigenvalue weighted by molar-refractivity contribution is -0.377. The number of hydrazone groups is 1. The number of anilines is 1. The number of nitrogens with one attached hydrogen (secondary N) is 2. The summed E-state index contributed by atoms with van der Waals surface area (Å²) in [7, 11) is 4.03. The minimum atomic E-state index is -0.407. The molecule has 8 nitrogen and oxygen atoms in total. The van der Waals surface area contributed by atoms with Gasteiger partial charge in [-0.15, -0.1) is 5.10 Å². The average Bonchev–Trinajstić information content (AvgIpc) is 3.22. The molecule has 0 unspecified atom stereocenters. The van der Waals surface area contributed by atoms with Crippen LogP contribution in [0.3, 0.4) is 0 Å². The molecule has 0 bridgehead atoms. The number of rotatable bonds is 2. The minimum absolute atomic E-state index is 0.0557. The number of nitrogens with zero attached hydrogens (tertiary/aromatic N) is 4. The van der Waals surface area contributed by atoms with Crippen molar-refractivity contribution in [2.75, 3.05) is 19.0 Å². The standard InChI is InChI=1S/C17H17N6O2S/c1-21(2)13-7-5-12(6-8-13)16-20-22-15(18-19-17(22)26-16)11-3-9-14(10-4-11)23(24)25/h3-10,16,18,20H,1-2H3/q-1/t16-/m0/s1. The van der Waals surface area contributed by atoms with Gasteiger partial charge in [-0.2, -0.15) is 4.90 Å². The zero-order valence-corrected chi connectivity index (χ0v) is 15.0. The van der Waals surface area contributed by atoms with Gasteiger partial charge in [0, 0.05) is 37.5 Å². The highest BCUT2D eigenvalue weighted by Crippen LogP contribution is 2.38. The Balaban J connectivity index is 1.54. The van der Waals surface area contributed by atoms with E-state index in [2.05, 4.69) is 45.1 Å². The number of hydrazine groups is 1. The van der Waals surface area contributed by atoms with Crippen LogP contribution in [0, 0.1) is 10.4 Å². The Bertz CT molecular complexity index is 863. The molecular weight excluding hydrogens is 352 g/mol. The molecule has 0 saturated carbocycles. The highest BCUT2D eigenvalue weighted by molar-refractivity contribution is 8.14. The second kappa shape index (κ2) is 6.43. The summed E-state index contributed by atoms with van der Waals surface area (Å²) >= 11 is 1.61. The first-order chi connectivity index (χ1) is 12.5. The Labute approximate surface area is 155 Å². The number of hydrogen-bond donors (Lipinski definition) is 2. The van der Waals surface area contributed by atoms with Gasteiger partial charge in [0.15, 0.2) is 5.82 Å². The fourth-order valence-corrected chi connectivity index (χ4v) is 3.78. The molecule has 1 aliphatic carbocycles. The molecule has 4 rings (SSSR count). The first-order valence-electron chi connectivity index (χ1n) is 7.98. The lowest BCUT2D eigenvalue weighted by Crippen LogP contribution is -2.34. The van der Waals surface area contributed by atoms with E-state index < -0.39 is 4.90 Å². The molecule has 134 valence electrons. The summed E-state index contributed by atoms with van der Waals surface area (Å²) < 4.78 is 0. The van der Waals surface area contributed by atoms with Crippen LogP contribution in [-0.4, -0.2) is 34.9 Å². The molecule has 2 N–H and O–H groups in total. The Kier molecular flexibility index (Phi) is 4.09. The van der Waals surface area contributed by atoms with Crippen molar-refractivity contribution in [2.24, 2.45) is 5.10 Å². The predicted octanol–water partition coefficient (Wildman–Crippen LogP) is 1.97. The van der Waals surface area contributed by atoms with E-state index in [4.69, 9.17) is 0 Å². The molecule has 0 spiro atoms. The van der Waals surface area contributed by atoms with Gasteiger partial charge in [-0.25, -0.2) is 10.4 Å². The quantitative estimate of drug-likeness (QED) is 0.608. The number of amidine groups is 1. The third-order valence-corrected chi connectivity index (χ3v) is 5.30. The van der Waals surface area contributed by atoms with Crippen LogP contribution in [0.4, 0.5) is 5.69 Å². The first-order valence-corrected chi connectivity index (χ1v) is 8.86. The van der Waals surface area contributed by atoms with E-state index >= 15 is 0 Å². The molecule has 0 radical (unpaired) electrons. The number of thioether (sulfide) groups is 1. The van der Waals surface area contributed by atoms with E-state index in [0.717, 1.165) is 27.8 Å². The van der Waals surface area contributed by atoms with Gasteiger partial charge in [-0.3, -0.25) is 5.43 Å². The summed E-state index contributed by atoms with van der Waals surface area (Å²) in [5.41, 5.74) is 9.60. The maximum atomic E-state index is 10.8. The predicted molar refractivity (Wildman–Crippen MR) is 104 cm³/mol. The van der Waals surface area contributed by atoms with Crippen molar-refractivity contribution in [2.45, 2.75) is 5.37 Å². The van der Waals surface area contributed by atoms with Crippen LogP contribution < -0.4 is 15.8 Å². The number of fused-ring (bicyclic) bond motifs is 1. The van der Waals surface area contributed by atoms with Gasteiger partial charge in [0.25, 0.3) is 0 Å². The van der Waals surface area contributed by atoms with E-state index in [-0.39, 0.29) is 11.1 Å². The smallest absolute Gasteiger partial charge is 0.222 e. The second-order valence-electron chi connectivity index (χ2n) is 6.11. The molecule has 0 aromatic heterocycles. The fourth-order valence-electron chi connectivity index (χ4n) is 2.77. The summed E-state index contributed by atoms with van der Waals surface area (Å²) in [6.45, 7) is 0. The van der Waals surface area contributed by atoms with Crippen molar-refractivity contribution in [1.82, 2.24) is 15.9 Å². The molecule has 3 aliphatic rings. The molecule has 1 aromatic rings. The SMILES string of the molecule is CN(C)c1ccc([C@H]2NN3C(=NNC3=C3C=CC(=[N+]([O-])[O-])C=C3)S2)cc1.